The summed E-state index contributed by atoms with van der Waals surface area (Å²) in [5.74, 6) is 0. The molecule has 2 aromatic carbocycles. The molecule has 0 aromatic heterocycles. The minimum absolute atomic E-state index is 0.668. The highest BCUT2D eigenvalue weighted by atomic mass is 35.5. The summed E-state index contributed by atoms with van der Waals surface area (Å²) in [5, 5.41) is 5.56. The molecule has 3 rings (SSSR count). The van der Waals surface area contributed by atoms with E-state index < -0.39 is 0 Å². The van der Waals surface area contributed by atoms with Gasteiger partial charge in [-0.15, -0.1) is 0 Å². The second-order valence-electron chi connectivity index (χ2n) is 7.21. The van der Waals surface area contributed by atoms with Gasteiger partial charge in [0.05, 0.1) is 13.2 Å². The van der Waals surface area contributed by atoms with Gasteiger partial charge in [0.2, 0.25) is 0 Å². The molecule has 156 valence electrons. The largest absolute Gasteiger partial charge is 0.379 e. The van der Waals surface area contributed by atoms with Gasteiger partial charge in [-0.3, -0.25) is 4.90 Å². The van der Waals surface area contributed by atoms with Crippen LogP contribution in [0.25, 0.3) is 0 Å². The Labute approximate surface area is 188 Å². The topological polar surface area (TPSA) is 27.7 Å². The molecule has 29 heavy (non-hydrogen) atoms. The first kappa shape index (κ1) is 22.3. The van der Waals surface area contributed by atoms with E-state index in [1.807, 2.05) is 49.4 Å². The van der Waals surface area contributed by atoms with Crippen LogP contribution in [-0.2, 0) is 11.3 Å². The summed E-state index contributed by atoms with van der Waals surface area (Å²) >= 11 is 18.3. The van der Waals surface area contributed by atoms with Crippen LogP contribution in [0.15, 0.2) is 42.5 Å². The lowest BCUT2D eigenvalue weighted by molar-refractivity contribution is 0.0368. The van der Waals surface area contributed by atoms with Crippen molar-refractivity contribution in [1.82, 2.24) is 9.80 Å². The van der Waals surface area contributed by atoms with Gasteiger partial charge in [0, 0.05) is 48.5 Å². The van der Waals surface area contributed by atoms with Crippen LogP contribution in [0.4, 0.5) is 5.69 Å². The van der Waals surface area contributed by atoms with Crippen molar-refractivity contribution in [3.05, 3.63) is 63.6 Å². The van der Waals surface area contributed by atoms with Crippen LogP contribution >= 0.6 is 35.4 Å². The lowest BCUT2D eigenvalue weighted by Crippen LogP contribution is -2.40. The SMILES string of the molecule is Cc1cc(NC(=S)N(CCCN2CCOCC2)Cc2ccccc2Cl)ccc1Cl. The van der Waals surface area contributed by atoms with E-state index in [1.54, 1.807) is 0 Å². The van der Waals surface area contributed by atoms with Crippen LogP contribution in [0.2, 0.25) is 10.0 Å². The van der Waals surface area contributed by atoms with Crippen molar-refractivity contribution in [2.45, 2.75) is 19.9 Å². The van der Waals surface area contributed by atoms with E-state index in [0.29, 0.717) is 11.7 Å². The van der Waals surface area contributed by atoms with Gasteiger partial charge in [-0.1, -0.05) is 41.4 Å². The van der Waals surface area contributed by atoms with E-state index in [1.165, 1.54) is 0 Å². The highest BCUT2D eigenvalue weighted by molar-refractivity contribution is 7.80. The molecule has 4 nitrogen and oxygen atoms in total. The molecule has 1 saturated heterocycles. The number of benzene rings is 2. The number of nitrogens with zero attached hydrogens (tertiary/aromatic N) is 2. The van der Waals surface area contributed by atoms with Gasteiger partial charge >= 0.3 is 0 Å². The van der Waals surface area contributed by atoms with Gasteiger partial charge in [0.1, 0.15) is 0 Å². The second kappa shape index (κ2) is 11.1. The van der Waals surface area contributed by atoms with Crippen LogP contribution in [0.1, 0.15) is 17.5 Å². The molecule has 1 N–H and O–H groups in total. The standard InChI is InChI=1S/C22H27Cl2N3OS/c1-17-15-19(7-8-20(17)23)25-22(29)27(16-18-5-2-3-6-21(18)24)10-4-9-26-11-13-28-14-12-26/h2-3,5-8,15H,4,9-14,16H2,1H3,(H,25,29). The number of morpholine rings is 1. The van der Waals surface area contributed by atoms with Gasteiger partial charge in [-0.05, 0) is 61.0 Å². The van der Waals surface area contributed by atoms with E-state index in [4.69, 9.17) is 40.2 Å². The maximum absolute atomic E-state index is 6.40. The van der Waals surface area contributed by atoms with Gasteiger partial charge in [-0.25, -0.2) is 0 Å². The molecule has 0 saturated carbocycles. The number of thiocarbonyl (C=S) groups is 1. The highest BCUT2D eigenvalue weighted by Crippen LogP contribution is 2.21. The summed E-state index contributed by atoms with van der Waals surface area (Å²) in [6.07, 6.45) is 1.02. The number of hydrogen-bond donors (Lipinski definition) is 1. The lowest BCUT2D eigenvalue weighted by Gasteiger charge is -2.30. The van der Waals surface area contributed by atoms with Gasteiger partial charge < -0.3 is 15.0 Å². The fourth-order valence-electron chi connectivity index (χ4n) is 3.32. The molecule has 1 aliphatic heterocycles. The van der Waals surface area contributed by atoms with Crippen molar-refractivity contribution >= 4 is 46.2 Å². The van der Waals surface area contributed by atoms with E-state index in [0.717, 1.165) is 72.7 Å². The van der Waals surface area contributed by atoms with Crippen LogP contribution < -0.4 is 5.32 Å². The Morgan fingerprint density at radius 1 is 1.14 bits per heavy atom. The monoisotopic (exact) mass is 451 g/mol. The third kappa shape index (κ3) is 6.83. The first-order valence-corrected chi connectivity index (χ1v) is 11.0. The molecule has 1 aliphatic rings. The van der Waals surface area contributed by atoms with Crippen LogP contribution in [-0.4, -0.2) is 54.3 Å². The maximum Gasteiger partial charge on any atom is 0.173 e. The van der Waals surface area contributed by atoms with E-state index in [2.05, 4.69) is 15.1 Å². The minimum atomic E-state index is 0.668. The summed E-state index contributed by atoms with van der Waals surface area (Å²) in [7, 11) is 0. The van der Waals surface area contributed by atoms with Gasteiger partial charge in [-0.2, -0.15) is 0 Å². The minimum Gasteiger partial charge on any atom is -0.379 e. The van der Waals surface area contributed by atoms with Crippen LogP contribution in [0.3, 0.4) is 0 Å². The van der Waals surface area contributed by atoms with E-state index in [-0.39, 0.29) is 0 Å². The fraction of sp³-hybridized carbons (Fsp3) is 0.409. The Bertz CT molecular complexity index is 827. The molecule has 1 fully saturated rings. The van der Waals surface area contributed by atoms with Crippen molar-refractivity contribution in [3.8, 4) is 0 Å². The average molecular weight is 452 g/mol. The molecule has 0 spiro atoms. The van der Waals surface area contributed by atoms with Gasteiger partial charge in [0.25, 0.3) is 0 Å². The Morgan fingerprint density at radius 2 is 1.90 bits per heavy atom. The number of rotatable bonds is 7. The zero-order chi connectivity index (χ0) is 20.6. The van der Waals surface area contributed by atoms with E-state index in [9.17, 15) is 0 Å². The predicted octanol–water partition coefficient (Wildman–Crippen LogP) is 5.22. The zero-order valence-corrected chi connectivity index (χ0v) is 19.0. The maximum atomic E-state index is 6.40. The Morgan fingerprint density at radius 3 is 2.62 bits per heavy atom. The van der Waals surface area contributed by atoms with Crippen LogP contribution in [0, 0.1) is 6.92 Å². The van der Waals surface area contributed by atoms with E-state index >= 15 is 0 Å². The third-order valence-corrected chi connectivity index (χ3v) is 6.17. The number of halogens is 2. The predicted molar refractivity (Wildman–Crippen MR) is 126 cm³/mol. The number of anilines is 1. The lowest BCUT2D eigenvalue weighted by atomic mass is 10.2. The summed E-state index contributed by atoms with van der Waals surface area (Å²) in [5.41, 5.74) is 3.02. The first-order valence-electron chi connectivity index (χ1n) is 9.88. The molecule has 1 heterocycles. The quantitative estimate of drug-likeness (QED) is 0.582. The summed E-state index contributed by atoms with van der Waals surface area (Å²) in [6, 6.07) is 13.8. The number of nitrogens with one attached hydrogen (secondary N) is 1. The molecule has 0 unspecified atom stereocenters. The van der Waals surface area contributed by atoms with Crippen molar-refractivity contribution < 1.29 is 4.74 Å². The highest BCUT2D eigenvalue weighted by Gasteiger charge is 2.15. The smallest absolute Gasteiger partial charge is 0.173 e. The van der Waals surface area contributed by atoms with Crippen molar-refractivity contribution in [3.63, 3.8) is 0 Å². The van der Waals surface area contributed by atoms with Gasteiger partial charge in [0.15, 0.2) is 5.11 Å². The zero-order valence-electron chi connectivity index (χ0n) is 16.7. The molecule has 0 bridgehead atoms. The average Bonchev–Trinajstić information content (AvgIpc) is 2.72. The molecule has 0 amide bonds. The number of ether oxygens (including phenoxy) is 1. The summed E-state index contributed by atoms with van der Waals surface area (Å²) in [6.45, 7) is 8.17. The number of aryl methyl sites for hydroxylation is 1. The van der Waals surface area contributed by atoms with Crippen molar-refractivity contribution in [1.29, 1.82) is 0 Å². The van der Waals surface area contributed by atoms with Crippen molar-refractivity contribution in [2.24, 2.45) is 0 Å². The molecular weight excluding hydrogens is 425 g/mol. The van der Waals surface area contributed by atoms with Crippen LogP contribution in [0.5, 0.6) is 0 Å². The first-order chi connectivity index (χ1) is 14.0. The molecule has 7 heteroatoms. The Kier molecular flexibility index (Phi) is 8.57. The number of hydrogen-bond acceptors (Lipinski definition) is 3. The Hall–Kier alpha value is -1.37. The molecule has 0 atom stereocenters. The molecule has 0 radical (unpaired) electrons. The molecule has 2 aromatic rings. The van der Waals surface area contributed by atoms with Crippen molar-refractivity contribution in [2.75, 3.05) is 44.7 Å². The molecule has 0 aliphatic carbocycles. The normalized spacial score (nSPS) is 14.6. The Balaban J connectivity index is 1.65. The summed E-state index contributed by atoms with van der Waals surface area (Å²) < 4.78 is 5.44. The third-order valence-electron chi connectivity index (χ3n) is 5.02. The molecular formula is C22H27Cl2N3OS. The second-order valence-corrected chi connectivity index (χ2v) is 8.42. The summed E-state index contributed by atoms with van der Waals surface area (Å²) in [4.78, 5) is 4.62. The fourth-order valence-corrected chi connectivity index (χ4v) is 3.91.